The number of likely N-dealkylation sites (N-methyl/N-ethyl adjacent to an activating group) is 1. The highest BCUT2D eigenvalue weighted by molar-refractivity contribution is 5.61. The summed E-state index contributed by atoms with van der Waals surface area (Å²) in [4.78, 5) is 2.31. The summed E-state index contributed by atoms with van der Waals surface area (Å²) in [6.07, 6.45) is 1.05. The molecule has 1 aliphatic rings. The molecule has 0 amide bonds. The molecule has 3 nitrogen and oxygen atoms in total. The van der Waals surface area contributed by atoms with Crippen molar-refractivity contribution in [3.8, 4) is 5.75 Å². The van der Waals surface area contributed by atoms with Crippen LogP contribution in [0.3, 0.4) is 0 Å². The van der Waals surface area contributed by atoms with Gasteiger partial charge in [0.15, 0.2) is 0 Å². The van der Waals surface area contributed by atoms with Crippen LogP contribution in [0.2, 0.25) is 0 Å². The molecule has 1 atom stereocenters. The topological polar surface area (TPSA) is 24.5 Å². The monoisotopic (exact) mass is 268 g/mol. The molecule has 104 valence electrons. The van der Waals surface area contributed by atoms with E-state index in [-0.39, 0.29) is 0 Å². The van der Waals surface area contributed by atoms with Gasteiger partial charge in [0.1, 0.15) is 5.75 Å². The average molecular weight is 268 g/mol. The minimum atomic E-state index is 0.432. The van der Waals surface area contributed by atoms with Gasteiger partial charge in [0.05, 0.1) is 18.8 Å². The molecule has 0 saturated heterocycles. The molecule has 3 heteroatoms. The fourth-order valence-corrected chi connectivity index (χ4v) is 2.82. The van der Waals surface area contributed by atoms with E-state index in [0.29, 0.717) is 6.04 Å². The van der Waals surface area contributed by atoms with E-state index in [1.54, 1.807) is 7.11 Å². The zero-order chi connectivity index (χ0) is 13.9. The van der Waals surface area contributed by atoms with Crippen molar-refractivity contribution in [2.45, 2.75) is 12.5 Å². The van der Waals surface area contributed by atoms with E-state index in [0.717, 1.165) is 24.4 Å². The first kappa shape index (κ1) is 12.9. The molecule has 1 unspecified atom stereocenters. The highest BCUT2D eigenvalue weighted by atomic mass is 16.5. The van der Waals surface area contributed by atoms with Crippen molar-refractivity contribution in [3.63, 3.8) is 0 Å². The van der Waals surface area contributed by atoms with Crippen LogP contribution in [0.4, 0.5) is 11.4 Å². The normalized spacial score (nSPS) is 17.0. The summed E-state index contributed by atoms with van der Waals surface area (Å²) < 4.78 is 5.46. The van der Waals surface area contributed by atoms with Gasteiger partial charge >= 0.3 is 0 Å². The predicted molar refractivity (Wildman–Crippen MR) is 83.8 cm³/mol. The number of nitrogens with one attached hydrogen (secondary N) is 1. The summed E-state index contributed by atoms with van der Waals surface area (Å²) in [5, 5.41) is 3.52. The van der Waals surface area contributed by atoms with E-state index >= 15 is 0 Å². The predicted octanol–water partition coefficient (Wildman–Crippen LogP) is 3.17. The number of hydrogen-bond donors (Lipinski definition) is 1. The van der Waals surface area contributed by atoms with Crippen LogP contribution in [-0.2, 0) is 6.42 Å². The van der Waals surface area contributed by atoms with Crippen LogP contribution in [0.15, 0.2) is 48.5 Å². The van der Waals surface area contributed by atoms with Gasteiger partial charge in [-0.2, -0.15) is 0 Å². The van der Waals surface area contributed by atoms with Crippen LogP contribution in [0.25, 0.3) is 0 Å². The Morgan fingerprint density at radius 3 is 2.70 bits per heavy atom. The van der Waals surface area contributed by atoms with Crippen LogP contribution in [0.1, 0.15) is 5.56 Å². The number of methoxy groups -OCH3 is 1. The van der Waals surface area contributed by atoms with Crippen molar-refractivity contribution in [2.24, 2.45) is 0 Å². The summed E-state index contributed by atoms with van der Waals surface area (Å²) in [6, 6.07) is 17.1. The van der Waals surface area contributed by atoms with Crippen molar-refractivity contribution in [1.29, 1.82) is 0 Å². The van der Waals surface area contributed by atoms with Crippen LogP contribution < -0.4 is 15.0 Å². The minimum absolute atomic E-state index is 0.432. The summed E-state index contributed by atoms with van der Waals surface area (Å²) in [5.41, 5.74) is 3.78. The quantitative estimate of drug-likeness (QED) is 0.925. The molecule has 0 spiro atoms. The average Bonchev–Trinajstić information content (AvgIpc) is 2.53. The second-order valence-corrected chi connectivity index (χ2v) is 5.18. The van der Waals surface area contributed by atoms with Gasteiger partial charge in [-0.05, 0) is 30.2 Å². The minimum Gasteiger partial charge on any atom is -0.495 e. The molecule has 20 heavy (non-hydrogen) atoms. The Kier molecular flexibility index (Phi) is 3.50. The maximum atomic E-state index is 5.46. The number of rotatable bonds is 3. The summed E-state index contributed by atoms with van der Waals surface area (Å²) in [7, 11) is 3.86. The molecule has 1 heterocycles. The number of fused-ring (bicyclic) bond motifs is 1. The lowest BCUT2D eigenvalue weighted by Crippen LogP contribution is -2.42. The fourth-order valence-electron chi connectivity index (χ4n) is 2.82. The molecule has 2 aromatic carbocycles. The Labute approximate surface area is 120 Å². The first-order chi connectivity index (χ1) is 9.79. The van der Waals surface area contributed by atoms with E-state index in [9.17, 15) is 0 Å². The van der Waals surface area contributed by atoms with Crippen molar-refractivity contribution < 1.29 is 4.74 Å². The van der Waals surface area contributed by atoms with Crippen molar-refractivity contribution in [1.82, 2.24) is 0 Å². The third-order valence-electron chi connectivity index (χ3n) is 4.01. The van der Waals surface area contributed by atoms with Crippen LogP contribution >= 0.6 is 0 Å². The van der Waals surface area contributed by atoms with Crippen molar-refractivity contribution >= 4 is 11.4 Å². The van der Waals surface area contributed by atoms with Gasteiger partial charge in [0.25, 0.3) is 0 Å². The number of nitrogens with zero attached hydrogens (tertiary/aromatic N) is 1. The van der Waals surface area contributed by atoms with Gasteiger partial charge in [-0.3, -0.25) is 0 Å². The van der Waals surface area contributed by atoms with Gasteiger partial charge in [-0.1, -0.05) is 30.3 Å². The van der Waals surface area contributed by atoms with Crippen LogP contribution in [-0.4, -0.2) is 26.7 Å². The molecule has 0 radical (unpaired) electrons. The number of hydrogen-bond acceptors (Lipinski definition) is 3. The van der Waals surface area contributed by atoms with Gasteiger partial charge in [-0.25, -0.2) is 0 Å². The van der Waals surface area contributed by atoms with E-state index < -0.39 is 0 Å². The van der Waals surface area contributed by atoms with E-state index in [1.165, 1.54) is 11.3 Å². The van der Waals surface area contributed by atoms with Gasteiger partial charge in [0, 0.05) is 19.3 Å². The second kappa shape index (κ2) is 5.45. The fraction of sp³-hybridized carbons (Fsp3) is 0.294. The molecule has 0 saturated carbocycles. The molecule has 1 N–H and O–H groups in total. The third kappa shape index (κ3) is 2.31. The largest absolute Gasteiger partial charge is 0.495 e. The maximum absolute atomic E-state index is 5.46. The lowest BCUT2D eigenvalue weighted by molar-refractivity contribution is 0.413. The molecule has 3 rings (SSSR count). The molecular formula is C17H20N2O. The zero-order valence-electron chi connectivity index (χ0n) is 12.0. The second-order valence-electron chi connectivity index (χ2n) is 5.18. The standard InChI is InChI=1S/C17H20N2O/c1-19(16-9-5-6-10-17(16)20-2)14-11-13-7-3-4-8-15(13)18-12-14/h3-10,14,18H,11-12H2,1-2H3. The summed E-state index contributed by atoms with van der Waals surface area (Å²) in [5.74, 6) is 0.925. The van der Waals surface area contributed by atoms with Gasteiger partial charge < -0.3 is 15.0 Å². The van der Waals surface area contributed by atoms with Crippen LogP contribution in [0.5, 0.6) is 5.75 Å². The SMILES string of the molecule is COc1ccccc1N(C)C1CNc2ccccc2C1. The summed E-state index contributed by atoms with van der Waals surface area (Å²) in [6.45, 7) is 0.950. The van der Waals surface area contributed by atoms with Crippen molar-refractivity contribution in [3.05, 3.63) is 54.1 Å². The molecule has 0 fully saturated rings. The molecular weight excluding hydrogens is 248 g/mol. The smallest absolute Gasteiger partial charge is 0.142 e. The molecule has 1 aliphatic heterocycles. The third-order valence-corrected chi connectivity index (χ3v) is 4.01. The van der Waals surface area contributed by atoms with E-state index in [2.05, 4.69) is 53.7 Å². The Bertz CT molecular complexity index is 597. The Balaban J connectivity index is 1.84. The molecule has 0 aromatic heterocycles. The van der Waals surface area contributed by atoms with E-state index in [4.69, 9.17) is 4.74 Å². The number of ether oxygens (including phenoxy) is 1. The number of anilines is 2. The number of benzene rings is 2. The van der Waals surface area contributed by atoms with Crippen molar-refractivity contribution in [2.75, 3.05) is 30.9 Å². The molecule has 2 aromatic rings. The first-order valence-electron chi connectivity index (χ1n) is 6.97. The zero-order valence-corrected chi connectivity index (χ0v) is 12.0. The Morgan fingerprint density at radius 2 is 1.85 bits per heavy atom. The van der Waals surface area contributed by atoms with Gasteiger partial charge in [-0.15, -0.1) is 0 Å². The van der Waals surface area contributed by atoms with E-state index in [1.807, 2.05) is 12.1 Å². The maximum Gasteiger partial charge on any atom is 0.142 e. The first-order valence-corrected chi connectivity index (χ1v) is 6.97. The lowest BCUT2D eigenvalue weighted by Gasteiger charge is -2.35. The Hall–Kier alpha value is -2.16. The van der Waals surface area contributed by atoms with Crippen LogP contribution in [0, 0.1) is 0 Å². The lowest BCUT2D eigenvalue weighted by atomic mass is 9.98. The van der Waals surface area contributed by atoms with Gasteiger partial charge in [0.2, 0.25) is 0 Å². The highest BCUT2D eigenvalue weighted by Crippen LogP contribution is 2.31. The Morgan fingerprint density at radius 1 is 1.10 bits per heavy atom. The summed E-state index contributed by atoms with van der Waals surface area (Å²) >= 11 is 0. The highest BCUT2D eigenvalue weighted by Gasteiger charge is 2.23. The molecule has 0 aliphatic carbocycles. The molecule has 0 bridgehead atoms. The number of para-hydroxylation sites is 3.